The van der Waals surface area contributed by atoms with Crippen molar-refractivity contribution in [3.8, 4) is 5.75 Å². The molecule has 4 rings (SSSR count). The number of nitrogens with two attached hydrogens (primary N) is 1. The fourth-order valence-corrected chi connectivity index (χ4v) is 5.80. The summed E-state index contributed by atoms with van der Waals surface area (Å²) in [5.41, 5.74) is 7.24. The van der Waals surface area contributed by atoms with Crippen molar-refractivity contribution in [3.63, 3.8) is 0 Å². The van der Waals surface area contributed by atoms with Gasteiger partial charge in [-0.2, -0.15) is 13.2 Å². The Bertz CT molecular complexity index is 1610. The van der Waals surface area contributed by atoms with Crippen molar-refractivity contribution in [1.82, 2.24) is 9.80 Å². The van der Waals surface area contributed by atoms with Crippen molar-refractivity contribution < 1.29 is 37.0 Å². The second-order valence-electron chi connectivity index (χ2n) is 12.6. The summed E-state index contributed by atoms with van der Waals surface area (Å²) < 4.78 is 47.5. The van der Waals surface area contributed by atoms with Crippen LogP contribution in [0.5, 0.6) is 5.75 Å². The minimum absolute atomic E-state index is 0.0233. The molecule has 0 spiro atoms. The van der Waals surface area contributed by atoms with Crippen molar-refractivity contribution in [2.45, 2.75) is 87.2 Å². The van der Waals surface area contributed by atoms with Crippen LogP contribution < -0.4 is 15.8 Å². The van der Waals surface area contributed by atoms with E-state index in [0.717, 1.165) is 75.6 Å². The molecule has 1 saturated heterocycles. The molecule has 0 bridgehead atoms. The van der Waals surface area contributed by atoms with Crippen LogP contribution in [-0.2, 0) is 22.2 Å². The number of halogens is 4. The number of amides is 2. The Balaban J connectivity index is 0. The molecule has 2 amide bonds. The van der Waals surface area contributed by atoms with Crippen LogP contribution in [0, 0.1) is 12.8 Å². The molecule has 326 valence electrons. The zero-order valence-electron chi connectivity index (χ0n) is 35.9. The van der Waals surface area contributed by atoms with Crippen molar-refractivity contribution in [2.24, 2.45) is 11.7 Å². The molecule has 3 unspecified atom stereocenters. The molecule has 3 atom stereocenters. The summed E-state index contributed by atoms with van der Waals surface area (Å²) in [7, 11) is 2.73. The molecule has 0 radical (unpaired) electrons. The SMILES string of the molecule is C/C=C(\C/C=C\CCl)C(C)C(C)c1ccc(P)cc1.C=C(C)c1ccc(C(F)(F)F)cc1OCO.CC.CC.Cc1ccc(CCN2CCN(C=O)CC2)o1.NC=O. The standard InChI is InChI=1S/C17H24ClP.C12H18N2O2.C11H11F3O2.2C2H6.CH3NO/c1-4-15(7-5-6-12-18)13(2)14(3)16-8-10-17(19)11-9-16;1-11-2-3-12(16-11)4-5-13-6-8-14(10-15)9-7-13;1-7(2)9-4-3-8(11(12,13)14)5-10(9)16-6-15;2*1-2;2-1-3/h4-6,8-11,13-14H,7,12,19H2,1-3H3;2-3,10H,4-9H2,1H3;3-5,15H,1,6H2,2H3;2*1-2H3;1H,(H2,2,3)/b6-5-,15-4+;;;;;. The lowest BCUT2D eigenvalue weighted by atomic mass is 9.82. The maximum atomic E-state index is 12.4. The third kappa shape index (κ3) is 22.9. The van der Waals surface area contributed by atoms with E-state index in [-0.39, 0.29) is 12.2 Å². The zero-order valence-corrected chi connectivity index (χ0v) is 37.9. The second kappa shape index (κ2) is 33.0. The van der Waals surface area contributed by atoms with E-state index < -0.39 is 18.5 Å². The first-order valence-corrected chi connectivity index (χ1v) is 20.7. The first-order chi connectivity index (χ1) is 27.6. The van der Waals surface area contributed by atoms with E-state index in [0.29, 0.717) is 28.9 Å². The topological polar surface area (TPSA) is 109 Å². The number of alkyl halides is 4. The molecule has 8 nitrogen and oxygen atoms in total. The number of benzene rings is 2. The van der Waals surface area contributed by atoms with Crippen LogP contribution in [0.3, 0.4) is 0 Å². The van der Waals surface area contributed by atoms with Crippen LogP contribution in [0.15, 0.2) is 89.4 Å². The third-order valence-corrected chi connectivity index (χ3v) is 9.36. The molecule has 13 heteroatoms. The predicted octanol–water partition coefficient (Wildman–Crippen LogP) is 10.2. The number of allylic oxidation sites excluding steroid dienone is 5. The molecule has 0 saturated carbocycles. The molecule has 2 heterocycles. The number of hydrogen-bond acceptors (Lipinski definition) is 6. The van der Waals surface area contributed by atoms with E-state index in [1.165, 1.54) is 22.5 Å². The number of aliphatic hydroxyl groups excluding tert-OH is 1. The highest BCUT2D eigenvalue weighted by atomic mass is 35.5. The smallest absolute Gasteiger partial charge is 0.416 e. The summed E-state index contributed by atoms with van der Waals surface area (Å²) in [5.74, 6) is 3.67. The maximum Gasteiger partial charge on any atom is 0.416 e. The number of furan rings is 1. The molecule has 58 heavy (non-hydrogen) atoms. The lowest BCUT2D eigenvalue weighted by Crippen LogP contribution is -2.46. The number of rotatable bonds is 13. The minimum Gasteiger partial charge on any atom is -0.467 e. The number of aliphatic hydroxyl groups is 1. The Morgan fingerprint density at radius 3 is 2.05 bits per heavy atom. The van der Waals surface area contributed by atoms with E-state index in [1.807, 2.05) is 57.7 Å². The lowest BCUT2D eigenvalue weighted by molar-refractivity contribution is -0.137. The quantitative estimate of drug-likeness (QED) is 0.0583. The van der Waals surface area contributed by atoms with Gasteiger partial charge in [-0.3, -0.25) is 14.5 Å². The van der Waals surface area contributed by atoms with E-state index in [9.17, 15) is 18.0 Å². The average Bonchev–Trinajstić information content (AvgIpc) is 3.65. The molecule has 0 aliphatic carbocycles. The number of carbonyl (C=O) groups excluding carboxylic acids is 2. The van der Waals surface area contributed by atoms with Crippen LogP contribution in [0.25, 0.3) is 5.57 Å². The normalized spacial score (nSPS) is 13.6. The van der Waals surface area contributed by atoms with E-state index in [1.54, 1.807) is 6.92 Å². The summed E-state index contributed by atoms with van der Waals surface area (Å²) in [6, 6.07) is 15.9. The Morgan fingerprint density at radius 1 is 1.02 bits per heavy atom. The number of aryl methyl sites for hydroxylation is 1. The molecule has 3 aromatic rings. The maximum absolute atomic E-state index is 12.4. The highest BCUT2D eigenvalue weighted by molar-refractivity contribution is 7.27. The van der Waals surface area contributed by atoms with Crippen LogP contribution in [0.4, 0.5) is 13.2 Å². The molecular formula is C45H68ClF3N3O5P. The van der Waals surface area contributed by atoms with Crippen LogP contribution in [0.2, 0.25) is 0 Å². The minimum atomic E-state index is -4.43. The van der Waals surface area contributed by atoms with Crippen molar-refractivity contribution in [1.29, 1.82) is 0 Å². The van der Waals surface area contributed by atoms with E-state index in [2.05, 4.69) is 83.6 Å². The number of nitrogens with zero attached hydrogens (tertiary/aromatic N) is 2. The fraction of sp³-hybridized carbons (Fsp3) is 0.467. The Kier molecular flexibility index (Phi) is 32.0. The zero-order chi connectivity index (χ0) is 44.7. The monoisotopic (exact) mass is 853 g/mol. The van der Waals surface area contributed by atoms with Gasteiger partial charge in [0, 0.05) is 50.6 Å². The molecule has 3 N–H and O–H groups in total. The van der Waals surface area contributed by atoms with Crippen LogP contribution in [-0.4, -0.2) is 73.1 Å². The van der Waals surface area contributed by atoms with Gasteiger partial charge in [0.05, 0.1) is 5.56 Å². The Morgan fingerprint density at radius 2 is 1.60 bits per heavy atom. The van der Waals surface area contributed by atoms with Gasteiger partial charge in [0.1, 0.15) is 17.3 Å². The van der Waals surface area contributed by atoms with Crippen LogP contribution in [0.1, 0.15) is 95.9 Å². The predicted molar refractivity (Wildman–Crippen MR) is 240 cm³/mol. The molecule has 1 aromatic heterocycles. The molecule has 2 aromatic carbocycles. The van der Waals surface area contributed by atoms with Crippen LogP contribution >= 0.6 is 20.8 Å². The third-order valence-electron chi connectivity index (χ3n) is 8.79. The summed E-state index contributed by atoms with van der Waals surface area (Å²) in [4.78, 5) is 23.3. The van der Waals surface area contributed by atoms with Gasteiger partial charge < -0.3 is 24.9 Å². The van der Waals surface area contributed by atoms with Gasteiger partial charge in [0.15, 0.2) is 6.79 Å². The Labute approximate surface area is 353 Å². The number of carbonyl (C=O) groups is 2. The van der Waals surface area contributed by atoms with Crippen molar-refractivity contribution in [3.05, 3.63) is 113 Å². The van der Waals surface area contributed by atoms with Crippen molar-refractivity contribution >= 4 is 44.5 Å². The van der Waals surface area contributed by atoms with Gasteiger partial charge in [0.25, 0.3) is 0 Å². The molecule has 1 aliphatic rings. The highest BCUT2D eigenvalue weighted by Crippen LogP contribution is 2.35. The van der Waals surface area contributed by atoms with Gasteiger partial charge in [-0.15, -0.1) is 20.8 Å². The fourth-order valence-electron chi connectivity index (χ4n) is 5.48. The van der Waals surface area contributed by atoms with Gasteiger partial charge in [0.2, 0.25) is 12.8 Å². The largest absolute Gasteiger partial charge is 0.467 e. The summed E-state index contributed by atoms with van der Waals surface area (Å²) in [5, 5.41) is 9.82. The summed E-state index contributed by atoms with van der Waals surface area (Å²) in [6.45, 7) is 25.9. The van der Waals surface area contributed by atoms with Gasteiger partial charge in [-0.1, -0.05) is 102 Å². The highest BCUT2D eigenvalue weighted by Gasteiger charge is 2.31. The number of primary amides is 1. The number of piperazine rings is 1. The summed E-state index contributed by atoms with van der Waals surface area (Å²) in [6.07, 6.45) is 5.13. The van der Waals surface area contributed by atoms with Gasteiger partial charge in [-0.05, 0) is 79.7 Å². The average molecular weight is 854 g/mol. The van der Waals surface area contributed by atoms with Crippen molar-refractivity contribution in [2.75, 3.05) is 45.4 Å². The summed E-state index contributed by atoms with van der Waals surface area (Å²) >= 11 is 5.67. The van der Waals surface area contributed by atoms with Gasteiger partial charge in [-0.25, -0.2) is 0 Å². The first kappa shape index (κ1) is 56.2. The van der Waals surface area contributed by atoms with E-state index >= 15 is 0 Å². The Hall–Kier alpha value is -3.89. The second-order valence-corrected chi connectivity index (χ2v) is 13.6. The molecule has 1 aliphatic heterocycles. The lowest BCUT2D eigenvalue weighted by Gasteiger charge is -2.32. The molecular weight excluding hydrogens is 786 g/mol. The molecule has 1 fully saturated rings. The van der Waals surface area contributed by atoms with Gasteiger partial charge >= 0.3 is 6.18 Å². The number of ether oxygens (including phenoxy) is 1. The first-order valence-electron chi connectivity index (χ1n) is 19.6. The number of hydrogen-bond donors (Lipinski definition) is 2. The van der Waals surface area contributed by atoms with E-state index in [4.69, 9.17) is 30.7 Å².